The second-order valence-corrected chi connectivity index (χ2v) is 8.46. The van der Waals surface area contributed by atoms with Crippen LogP contribution < -0.4 is 4.74 Å². The fourth-order valence-electron chi connectivity index (χ4n) is 3.55. The molecule has 2 aliphatic rings. The first-order chi connectivity index (χ1) is 12.3. The summed E-state index contributed by atoms with van der Waals surface area (Å²) in [6.07, 6.45) is 1.09. The van der Waals surface area contributed by atoms with Crippen LogP contribution in [-0.4, -0.2) is 62.5 Å². The summed E-state index contributed by atoms with van der Waals surface area (Å²) >= 11 is 0. The summed E-state index contributed by atoms with van der Waals surface area (Å²) in [6, 6.07) is 2.01. The lowest BCUT2D eigenvalue weighted by Crippen LogP contribution is -2.49. The van der Waals surface area contributed by atoms with Crippen molar-refractivity contribution in [1.82, 2.24) is 9.21 Å². The van der Waals surface area contributed by atoms with E-state index in [9.17, 15) is 22.0 Å². The third kappa shape index (κ3) is 3.55. The van der Waals surface area contributed by atoms with E-state index < -0.39 is 39.5 Å². The number of halogens is 2. The van der Waals surface area contributed by atoms with Crippen LogP contribution in [0.2, 0.25) is 0 Å². The number of methoxy groups -OCH3 is 1. The van der Waals surface area contributed by atoms with Gasteiger partial charge in [-0.05, 0) is 37.5 Å². The Morgan fingerprint density at radius 3 is 2.58 bits per heavy atom. The van der Waals surface area contributed by atoms with E-state index in [-0.39, 0.29) is 18.1 Å². The number of carbonyl (C=O) groups is 1. The Morgan fingerprint density at radius 2 is 1.92 bits per heavy atom. The molecule has 0 N–H and O–H groups in total. The number of likely N-dealkylation sites (tertiary alicyclic amines) is 1. The van der Waals surface area contributed by atoms with Crippen molar-refractivity contribution in [1.29, 1.82) is 0 Å². The Balaban J connectivity index is 1.94. The molecule has 0 spiro atoms. The van der Waals surface area contributed by atoms with Gasteiger partial charge in [-0.25, -0.2) is 17.2 Å². The quantitative estimate of drug-likeness (QED) is 0.791. The van der Waals surface area contributed by atoms with Gasteiger partial charge in [-0.3, -0.25) is 4.79 Å². The number of amides is 1. The van der Waals surface area contributed by atoms with Crippen molar-refractivity contribution in [3.05, 3.63) is 24.0 Å². The number of piperidine rings is 1. The zero-order valence-electron chi connectivity index (χ0n) is 14.5. The minimum Gasteiger partial charge on any atom is -0.495 e. The van der Waals surface area contributed by atoms with Crippen LogP contribution in [0.4, 0.5) is 8.78 Å². The average Bonchev–Trinajstić information content (AvgIpc) is 3.04. The van der Waals surface area contributed by atoms with Gasteiger partial charge in [0.05, 0.1) is 7.11 Å². The van der Waals surface area contributed by atoms with Gasteiger partial charge in [0, 0.05) is 26.1 Å². The molecule has 3 rings (SSSR count). The van der Waals surface area contributed by atoms with Crippen molar-refractivity contribution in [2.75, 3.05) is 26.7 Å². The van der Waals surface area contributed by atoms with Crippen LogP contribution in [0.5, 0.6) is 5.75 Å². The summed E-state index contributed by atoms with van der Waals surface area (Å²) in [4.78, 5) is 14.0. The van der Waals surface area contributed by atoms with Crippen LogP contribution in [-0.2, 0) is 14.8 Å². The molecule has 0 radical (unpaired) electrons. The number of ether oxygens (including phenoxy) is 1. The molecule has 1 aromatic rings. The van der Waals surface area contributed by atoms with Gasteiger partial charge >= 0.3 is 0 Å². The lowest BCUT2D eigenvalue weighted by atomic mass is 10.1. The Hall–Kier alpha value is -1.74. The van der Waals surface area contributed by atoms with E-state index in [1.165, 1.54) is 13.2 Å². The largest absolute Gasteiger partial charge is 0.495 e. The number of carbonyl (C=O) groups excluding carboxylic acids is 1. The number of nitrogens with zero attached hydrogens (tertiary/aromatic N) is 2. The minimum atomic E-state index is -4.29. The molecule has 9 heteroatoms. The van der Waals surface area contributed by atoms with Crippen molar-refractivity contribution >= 4 is 15.9 Å². The predicted molar refractivity (Wildman–Crippen MR) is 90.6 cm³/mol. The Morgan fingerprint density at radius 1 is 1.23 bits per heavy atom. The fourth-order valence-corrected chi connectivity index (χ4v) is 5.34. The van der Waals surface area contributed by atoms with Gasteiger partial charge in [0.25, 0.3) is 0 Å². The first-order valence-electron chi connectivity index (χ1n) is 8.63. The standard InChI is InChI=1S/C17H22F2N2O4S/c1-25-15-6-5-12(18)10-16(15)26(23,24)21-11-13(19)9-14(21)17(22)20-7-3-2-4-8-20/h5-6,10,13-14H,2-4,7-9,11H2,1H3/t13-,14-/m0/s1. The molecule has 0 aliphatic carbocycles. The summed E-state index contributed by atoms with van der Waals surface area (Å²) in [7, 11) is -3.02. The maximum Gasteiger partial charge on any atom is 0.247 e. The van der Waals surface area contributed by atoms with Crippen LogP contribution in [0.3, 0.4) is 0 Å². The summed E-state index contributed by atoms with van der Waals surface area (Å²) in [6.45, 7) is 0.666. The van der Waals surface area contributed by atoms with E-state index in [1.807, 2.05) is 0 Å². The number of hydrogen-bond donors (Lipinski definition) is 0. The molecular weight excluding hydrogens is 366 g/mol. The van der Waals surface area contributed by atoms with E-state index in [2.05, 4.69) is 0 Å². The highest BCUT2D eigenvalue weighted by molar-refractivity contribution is 7.89. The first-order valence-corrected chi connectivity index (χ1v) is 10.1. The highest BCUT2D eigenvalue weighted by Crippen LogP contribution is 2.34. The highest BCUT2D eigenvalue weighted by Gasteiger charge is 2.46. The van der Waals surface area contributed by atoms with Gasteiger partial charge in [-0.2, -0.15) is 4.31 Å². The Labute approximate surface area is 151 Å². The van der Waals surface area contributed by atoms with E-state index in [1.54, 1.807) is 4.90 Å². The molecule has 2 saturated heterocycles. The number of alkyl halides is 1. The van der Waals surface area contributed by atoms with Gasteiger partial charge in [0.1, 0.15) is 28.7 Å². The van der Waals surface area contributed by atoms with Crippen molar-refractivity contribution in [3.8, 4) is 5.75 Å². The predicted octanol–water partition coefficient (Wildman–Crippen LogP) is 1.95. The monoisotopic (exact) mass is 388 g/mol. The van der Waals surface area contributed by atoms with E-state index in [4.69, 9.17) is 4.74 Å². The maximum atomic E-state index is 14.1. The van der Waals surface area contributed by atoms with Gasteiger partial charge in [0.2, 0.25) is 15.9 Å². The minimum absolute atomic E-state index is 0.0436. The normalized spacial score (nSPS) is 24.7. The first kappa shape index (κ1) is 19.0. The van der Waals surface area contributed by atoms with E-state index in [0.29, 0.717) is 13.1 Å². The van der Waals surface area contributed by atoms with Crippen molar-refractivity contribution in [2.45, 2.75) is 42.8 Å². The van der Waals surface area contributed by atoms with Crippen LogP contribution in [0.15, 0.2) is 23.1 Å². The molecule has 1 aromatic carbocycles. The Bertz CT molecular complexity index is 781. The van der Waals surface area contributed by atoms with Crippen molar-refractivity contribution < 1.29 is 26.7 Å². The van der Waals surface area contributed by atoms with Crippen LogP contribution in [0.25, 0.3) is 0 Å². The molecule has 2 heterocycles. The molecule has 0 bridgehead atoms. The number of rotatable bonds is 4. The van der Waals surface area contributed by atoms with Crippen molar-refractivity contribution in [3.63, 3.8) is 0 Å². The molecule has 0 saturated carbocycles. The molecule has 0 aromatic heterocycles. The lowest BCUT2D eigenvalue weighted by Gasteiger charge is -2.32. The number of sulfonamides is 1. The zero-order chi connectivity index (χ0) is 18.9. The lowest BCUT2D eigenvalue weighted by molar-refractivity contribution is -0.135. The van der Waals surface area contributed by atoms with Gasteiger partial charge in [-0.1, -0.05) is 0 Å². The molecule has 26 heavy (non-hydrogen) atoms. The second kappa shape index (κ2) is 7.48. The fraction of sp³-hybridized carbons (Fsp3) is 0.588. The summed E-state index contributed by atoms with van der Waals surface area (Å²) in [5, 5.41) is 0. The highest BCUT2D eigenvalue weighted by atomic mass is 32.2. The van der Waals surface area contributed by atoms with E-state index >= 15 is 0 Å². The van der Waals surface area contributed by atoms with Gasteiger partial charge < -0.3 is 9.64 Å². The maximum absolute atomic E-state index is 14.1. The van der Waals surface area contributed by atoms with Gasteiger partial charge in [-0.15, -0.1) is 0 Å². The Kier molecular flexibility index (Phi) is 5.47. The molecule has 2 aliphatic heterocycles. The smallest absolute Gasteiger partial charge is 0.247 e. The molecular formula is C17H22F2N2O4S. The van der Waals surface area contributed by atoms with Gasteiger partial charge in [0.15, 0.2) is 0 Å². The molecule has 0 unspecified atom stereocenters. The third-order valence-corrected chi connectivity index (χ3v) is 6.77. The average molecular weight is 388 g/mol. The molecule has 2 fully saturated rings. The summed E-state index contributed by atoms with van der Waals surface area (Å²) in [5.74, 6) is -1.18. The SMILES string of the molecule is COc1ccc(F)cc1S(=O)(=O)N1C[C@@H](F)C[C@H]1C(=O)N1CCCCC1. The summed E-state index contributed by atoms with van der Waals surface area (Å²) in [5.41, 5.74) is 0. The van der Waals surface area contributed by atoms with E-state index in [0.717, 1.165) is 35.7 Å². The third-order valence-electron chi connectivity index (χ3n) is 4.87. The molecule has 144 valence electrons. The van der Waals surface area contributed by atoms with Crippen LogP contribution in [0, 0.1) is 5.82 Å². The summed E-state index contributed by atoms with van der Waals surface area (Å²) < 4.78 is 59.7. The topological polar surface area (TPSA) is 66.9 Å². The molecule has 2 atom stereocenters. The van der Waals surface area contributed by atoms with Crippen LogP contribution in [0.1, 0.15) is 25.7 Å². The molecule has 6 nitrogen and oxygen atoms in total. The zero-order valence-corrected chi connectivity index (χ0v) is 15.3. The second-order valence-electron chi connectivity index (χ2n) is 6.60. The number of hydrogen-bond acceptors (Lipinski definition) is 4. The number of benzene rings is 1. The molecule has 1 amide bonds. The van der Waals surface area contributed by atoms with Crippen LogP contribution >= 0.6 is 0 Å². The van der Waals surface area contributed by atoms with Crippen molar-refractivity contribution in [2.24, 2.45) is 0 Å².